The van der Waals surface area contributed by atoms with Gasteiger partial charge in [-0.3, -0.25) is 9.59 Å². The lowest BCUT2D eigenvalue weighted by Gasteiger charge is -2.36. The van der Waals surface area contributed by atoms with Gasteiger partial charge in [-0.25, -0.2) is 0 Å². The van der Waals surface area contributed by atoms with E-state index in [-0.39, 0.29) is 12.3 Å². The van der Waals surface area contributed by atoms with Gasteiger partial charge in [-0.1, -0.05) is 19.1 Å². The van der Waals surface area contributed by atoms with E-state index < -0.39 is 24.0 Å². The summed E-state index contributed by atoms with van der Waals surface area (Å²) in [6.07, 6.45) is 1.03. The molecule has 4 nitrogen and oxygen atoms in total. The van der Waals surface area contributed by atoms with Crippen LogP contribution < -0.4 is 5.32 Å². The van der Waals surface area contributed by atoms with Crippen molar-refractivity contribution < 1.29 is 22.8 Å². The van der Waals surface area contributed by atoms with Crippen LogP contribution in [0.1, 0.15) is 32.6 Å². The largest absolute Gasteiger partial charge is 0.471 e. The van der Waals surface area contributed by atoms with E-state index in [1.54, 1.807) is 17.1 Å². The maximum atomic E-state index is 12.6. The van der Waals surface area contributed by atoms with E-state index in [9.17, 15) is 22.8 Å². The lowest BCUT2D eigenvalue weighted by Crippen LogP contribution is -2.52. The van der Waals surface area contributed by atoms with Crippen molar-refractivity contribution in [3.8, 4) is 0 Å². The number of nitrogens with zero attached hydrogens (tertiary/aromatic N) is 1. The van der Waals surface area contributed by atoms with Gasteiger partial charge >= 0.3 is 12.1 Å². The molecule has 124 valence electrons. The molecule has 1 aliphatic carbocycles. The quantitative estimate of drug-likeness (QED) is 0.794. The zero-order valence-corrected chi connectivity index (χ0v) is 12.5. The molecule has 1 fully saturated rings. The Morgan fingerprint density at radius 3 is 2.32 bits per heavy atom. The second-order valence-electron chi connectivity index (χ2n) is 6.13. The third-order valence-corrected chi connectivity index (χ3v) is 4.42. The first-order valence-corrected chi connectivity index (χ1v) is 7.60. The van der Waals surface area contributed by atoms with Gasteiger partial charge < -0.3 is 10.2 Å². The maximum Gasteiger partial charge on any atom is 0.471 e. The minimum absolute atomic E-state index is 0.149. The van der Waals surface area contributed by atoms with Crippen LogP contribution in [0.4, 0.5) is 13.2 Å². The molecule has 0 bridgehead atoms. The number of allylic oxidation sites excluding steroid dienone is 1. The van der Waals surface area contributed by atoms with E-state index in [1.165, 1.54) is 0 Å². The van der Waals surface area contributed by atoms with Gasteiger partial charge in [0.1, 0.15) is 0 Å². The number of amides is 2. The molecule has 2 aliphatic rings. The highest BCUT2D eigenvalue weighted by Crippen LogP contribution is 2.26. The number of nitrogens with one attached hydrogen (secondary N) is 1. The highest BCUT2D eigenvalue weighted by Gasteiger charge is 2.42. The highest BCUT2D eigenvalue weighted by atomic mass is 19.4. The van der Waals surface area contributed by atoms with Crippen LogP contribution in [0.2, 0.25) is 0 Å². The number of hydrogen-bond acceptors (Lipinski definition) is 2. The summed E-state index contributed by atoms with van der Waals surface area (Å²) in [5.74, 6) is -2.16. The average Bonchev–Trinajstić information content (AvgIpc) is 2.47. The molecule has 0 spiro atoms. The van der Waals surface area contributed by atoms with Crippen LogP contribution in [0.3, 0.4) is 0 Å². The van der Waals surface area contributed by atoms with Crippen molar-refractivity contribution in [1.29, 1.82) is 0 Å². The van der Waals surface area contributed by atoms with Gasteiger partial charge in [-0.15, -0.1) is 0 Å². The number of carbonyl (C=O) groups excluding carboxylic acids is 2. The Labute approximate surface area is 127 Å². The number of rotatable bonds is 2. The molecule has 7 heteroatoms. The summed E-state index contributed by atoms with van der Waals surface area (Å²) in [5.41, 5.74) is 0. The van der Waals surface area contributed by atoms with Crippen LogP contribution in [0.25, 0.3) is 0 Å². The minimum atomic E-state index is -4.92. The average molecular weight is 318 g/mol. The summed E-state index contributed by atoms with van der Waals surface area (Å²) in [6, 6.07) is -0.786. The van der Waals surface area contributed by atoms with Gasteiger partial charge in [0.2, 0.25) is 5.91 Å². The van der Waals surface area contributed by atoms with Gasteiger partial charge in [0, 0.05) is 19.1 Å². The van der Waals surface area contributed by atoms with Crippen molar-refractivity contribution in [3.63, 3.8) is 0 Å². The van der Waals surface area contributed by atoms with E-state index in [2.05, 4.69) is 6.92 Å². The number of hydrogen-bond donors (Lipinski definition) is 1. The van der Waals surface area contributed by atoms with Crippen LogP contribution in [0.15, 0.2) is 12.2 Å². The predicted octanol–water partition coefficient (Wildman–Crippen LogP) is 2.26. The van der Waals surface area contributed by atoms with Crippen LogP contribution in [-0.4, -0.2) is 42.0 Å². The number of piperidine rings is 1. The molecule has 0 saturated carbocycles. The smallest absolute Gasteiger partial charge is 0.344 e. The first-order chi connectivity index (χ1) is 10.3. The van der Waals surface area contributed by atoms with Crippen molar-refractivity contribution >= 4 is 11.8 Å². The second kappa shape index (κ2) is 6.71. The molecule has 22 heavy (non-hydrogen) atoms. The Morgan fingerprint density at radius 2 is 1.73 bits per heavy atom. The molecule has 1 N–H and O–H groups in total. The highest BCUT2D eigenvalue weighted by molar-refractivity contribution is 5.84. The molecule has 0 aromatic heterocycles. The fourth-order valence-electron chi connectivity index (χ4n) is 2.96. The van der Waals surface area contributed by atoms with Crippen LogP contribution in [0.5, 0.6) is 0 Å². The summed E-state index contributed by atoms with van der Waals surface area (Å²) in [6.45, 7) is 3.40. The zero-order chi connectivity index (χ0) is 16.3. The standard InChI is InChI=1S/C15H21F3N2O2/c1-10-6-8-20(9-7-10)13(21)11-4-2-3-5-12(11)19-14(22)15(16,17)18/h2-3,10-12H,4-9H2,1H3,(H,19,22)/t11-,12-/m0/s1. The van der Waals surface area contributed by atoms with E-state index in [0.29, 0.717) is 25.4 Å². The van der Waals surface area contributed by atoms with Gasteiger partial charge in [0.15, 0.2) is 0 Å². The summed E-state index contributed by atoms with van der Waals surface area (Å²) in [5, 5.41) is 1.97. The van der Waals surface area contributed by atoms with Gasteiger partial charge in [-0.05, 0) is 31.6 Å². The van der Waals surface area contributed by atoms with Crippen LogP contribution >= 0.6 is 0 Å². The third kappa shape index (κ3) is 4.01. The molecule has 0 aromatic carbocycles. The molecule has 1 saturated heterocycles. The van der Waals surface area contributed by atoms with E-state index in [0.717, 1.165) is 12.8 Å². The first kappa shape index (κ1) is 16.8. The van der Waals surface area contributed by atoms with E-state index in [1.807, 2.05) is 5.32 Å². The molecule has 2 rings (SSSR count). The van der Waals surface area contributed by atoms with Crippen LogP contribution in [-0.2, 0) is 9.59 Å². The second-order valence-corrected chi connectivity index (χ2v) is 6.13. The van der Waals surface area contributed by atoms with Crippen molar-refractivity contribution in [3.05, 3.63) is 12.2 Å². The molecule has 0 radical (unpaired) electrons. The summed E-state index contributed by atoms with van der Waals surface area (Å²) in [4.78, 5) is 25.4. The predicted molar refractivity (Wildman–Crippen MR) is 74.8 cm³/mol. The van der Waals surface area contributed by atoms with Gasteiger partial charge in [0.05, 0.1) is 5.92 Å². The van der Waals surface area contributed by atoms with Gasteiger partial charge in [0.25, 0.3) is 0 Å². The Hall–Kier alpha value is -1.53. The maximum absolute atomic E-state index is 12.6. The Kier molecular flexibility index (Phi) is 5.13. The Bertz CT molecular complexity index is 454. The van der Waals surface area contributed by atoms with Crippen molar-refractivity contribution in [2.24, 2.45) is 11.8 Å². The lowest BCUT2D eigenvalue weighted by atomic mass is 9.86. The molecular weight excluding hydrogens is 297 g/mol. The van der Waals surface area contributed by atoms with E-state index in [4.69, 9.17) is 0 Å². The SMILES string of the molecule is CC1CCN(C(=O)[C@H]2CC=CC[C@@H]2NC(=O)C(F)(F)F)CC1. The van der Waals surface area contributed by atoms with Crippen molar-refractivity contribution in [2.75, 3.05) is 13.1 Å². The summed E-state index contributed by atoms with van der Waals surface area (Å²) >= 11 is 0. The molecule has 0 unspecified atom stereocenters. The lowest BCUT2D eigenvalue weighted by molar-refractivity contribution is -0.175. The zero-order valence-electron chi connectivity index (χ0n) is 12.5. The summed E-state index contributed by atoms with van der Waals surface area (Å²) < 4.78 is 37.2. The Morgan fingerprint density at radius 1 is 1.14 bits per heavy atom. The molecule has 1 aliphatic heterocycles. The number of alkyl halides is 3. The molecular formula is C15H21F3N2O2. The first-order valence-electron chi connectivity index (χ1n) is 7.60. The number of carbonyl (C=O) groups is 2. The fraction of sp³-hybridized carbons (Fsp3) is 0.733. The monoisotopic (exact) mass is 318 g/mol. The molecule has 0 aromatic rings. The topological polar surface area (TPSA) is 49.4 Å². The summed E-state index contributed by atoms with van der Waals surface area (Å²) in [7, 11) is 0. The fourth-order valence-corrected chi connectivity index (χ4v) is 2.96. The minimum Gasteiger partial charge on any atom is -0.344 e. The normalized spacial score (nSPS) is 26.8. The number of halogens is 3. The Balaban J connectivity index is 2.02. The van der Waals surface area contributed by atoms with Crippen LogP contribution in [0, 0.1) is 11.8 Å². The van der Waals surface area contributed by atoms with E-state index >= 15 is 0 Å². The molecule has 2 atom stereocenters. The molecule has 1 heterocycles. The number of likely N-dealkylation sites (tertiary alicyclic amines) is 1. The van der Waals surface area contributed by atoms with Crippen molar-refractivity contribution in [2.45, 2.75) is 44.8 Å². The van der Waals surface area contributed by atoms with Gasteiger partial charge in [-0.2, -0.15) is 13.2 Å². The molecule has 2 amide bonds. The van der Waals surface area contributed by atoms with Crippen molar-refractivity contribution in [1.82, 2.24) is 10.2 Å². The third-order valence-electron chi connectivity index (χ3n) is 4.42.